The maximum absolute atomic E-state index is 4.96. The molecule has 1 atom stereocenters. The smallest absolute Gasteiger partial charge is 0.168 e. The van der Waals surface area contributed by atoms with E-state index in [0.717, 1.165) is 11.6 Å². The summed E-state index contributed by atoms with van der Waals surface area (Å²) in [6, 6.07) is 6.69. The Hall–Kier alpha value is -2.82. The second-order valence-electron chi connectivity index (χ2n) is 6.95. The van der Waals surface area contributed by atoms with Gasteiger partial charge in [-0.1, -0.05) is 0 Å². The van der Waals surface area contributed by atoms with Gasteiger partial charge in [0.2, 0.25) is 0 Å². The first kappa shape index (κ1) is 23.2. The van der Waals surface area contributed by atoms with Crippen molar-refractivity contribution >= 4 is 6.21 Å². The van der Waals surface area contributed by atoms with Crippen molar-refractivity contribution in [3.63, 3.8) is 0 Å². The van der Waals surface area contributed by atoms with Crippen LogP contribution in [0.4, 0.5) is 0 Å². The van der Waals surface area contributed by atoms with Gasteiger partial charge in [0.1, 0.15) is 18.6 Å². The third kappa shape index (κ3) is 8.25. The van der Waals surface area contributed by atoms with Gasteiger partial charge in [-0.05, 0) is 57.5 Å². The molecular formula is C23H35N4O+. The molecule has 3 aromatic heterocycles. The summed E-state index contributed by atoms with van der Waals surface area (Å²) >= 11 is 0. The van der Waals surface area contributed by atoms with Crippen LogP contribution in [0.15, 0.2) is 59.6 Å². The van der Waals surface area contributed by atoms with Crippen molar-refractivity contribution in [3.05, 3.63) is 78.0 Å². The molecule has 0 saturated heterocycles. The molecule has 0 saturated carbocycles. The standard InChI is InChI=1S/C6H10N.C6H9N.C6H8O.C5H8N2/c2*1-6-4-3-5-7(6)2;1-5-3-4-7-6(5)2;1-5-6-3-4-7(5)2/h3-6H,1-2H3;3-5H,1-2H3;2*3-4H,1-2H3/q+1;;;. The van der Waals surface area contributed by atoms with Crippen LogP contribution in [-0.4, -0.2) is 38.0 Å². The maximum atomic E-state index is 4.96. The van der Waals surface area contributed by atoms with Crippen molar-refractivity contribution < 1.29 is 8.99 Å². The van der Waals surface area contributed by atoms with E-state index < -0.39 is 0 Å². The van der Waals surface area contributed by atoms with Gasteiger partial charge >= 0.3 is 0 Å². The molecule has 0 N–H and O–H groups in total. The number of likely N-dealkylation sites (N-methyl/N-ethyl adjacent to an activating group) is 1. The van der Waals surface area contributed by atoms with Crippen molar-refractivity contribution in [2.75, 3.05) is 7.05 Å². The highest BCUT2D eigenvalue weighted by molar-refractivity contribution is 5.68. The van der Waals surface area contributed by atoms with E-state index in [1.165, 1.54) is 11.3 Å². The summed E-state index contributed by atoms with van der Waals surface area (Å²) in [5.41, 5.74) is 2.53. The van der Waals surface area contributed by atoms with Crippen LogP contribution in [0.3, 0.4) is 0 Å². The first-order chi connectivity index (χ1) is 13.2. The van der Waals surface area contributed by atoms with Crippen LogP contribution in [0.5, 0.6) is 0 Å². The third-order valence-corrected chi connectivity index (χ3v) is 4.74. The number of furan rings is 1. The van der Waals surface area contributed by atoms with E-state index >= 15 is 0 Å². The number of aromatic nitrogens is 3. The van der Waals surface area contributed by atoms with E-state index in [0.29, 0.717) is 6.04 Å². The van der Waals surface area contributed by atoms with Crippen LogP contribution in [0.1, 0.15) is 29.8 Å². The van der Waals surface area contributed by atoms with Crippen molar-refractivity contribution in [1.82, 2.24) is 14.1 Å². The summed E-state index contributed by atoms with van der Waals surface area (Å²) in [7, 11) is 6.09. The molecule has 1 aliphatic heterocycles. The van der Waals surface area contributed by atoms with Crippen LogP contribution < -0.4 is 0 Å². The summed E-state index contributed by atoms with van der Waals surface area (Å²) in [5.74, 6) is 2.07. The van der Waals surface area contributed by atoms with Gasteiger partial charge in [-0.2, -0.15) is 0 Å². The maximum Gasteiger partial charge on any atom is 0.168 e. The van der Waals surface area contributed by atoms with E-state index in [2.05, 4.69) is 59.5 Å². The SMILES string of the molecule is CC1C=CC=[N+]1C.Cc1cccn1C.Cc1ccoc1C.Cc1nccn1C. The van der Waals surface area contributed by atoms with Gasteiger partial charge in [0, 0.05) is 51.4 Å². The Bertz CT molecular complexity index is 740. The topological polar surface area (TPSA) is 38.9 Å². The van der Waals surface area contributed by atoms with Crippen LogP contribution in [0, 0.1) is 27.7 Å². The number of rotatable bonds is 0. The van der Waals surface area contributed by atoms with Gasteiger partial charge in [0.05, 0.1) is 6.26 Å². The van der Waals surface area contributed by atoms with Gasteiger partial charge in [-0.3, -0.25) is 0 Å². The molecule has 0 radical (unpaired) electrons. The lowest BCUT2D eigenvalue weighted by Gasteiger charge is -1.92. The van der Waals surface area contributed by atoms with Crippen LogP contribution in [0.2, 0.25) is 0 Å². The monoisotopic (exact) mass is 383 g/mol. The fraction of sp³-hybridized carbons (Fsp3) is 0.391. The number of hydrogen-bond donors (Lipinski definition) is 0. The Morgan fingerprint density at radius 3 is 1.89 bits per heavy atom. The predicted molar refractivity (Wildman–Crippen MR) is 117 cm³/mol. The highest BCUT2D eigenvalue weighted by Crippen LogP contribution is 2.04. The summed E-state index contributed by atoms with van der Waals surface area (Å²) in [5, 5.41) is 0. The van der Waals surface area contributed by atoms with Crippen LogP contribution >= 0.6 is 0 Å². The molecule has 0 spiro atoms. The highest BCUT2D eigenvalue weighted by atomic mass is 16.3. The quantitative estimate of drug-likeness (QED) is 0.532. The van der Waals surface area contributed by atoms with E-state index in [9.17, 15) is 0 Å². The number of allylic oxidation sites excluding steroid dienone is 1. The molecular weight excluding hydrogens is 348 g/mol. The zero-order valence-electron chi connectivity index (χ0n) is 18.5. The van der Waals surface area contributed by atoms with Crippen LogP contribution in [0.25, 0.3) is 0 Å². The zero-order valence-corrected chi connectivity index (χ0v) is 18.5. The molecule has 0 aliphatic carbocycles. The minimum absolute atomic E-state index is 0.611. The lowest BCUT2D eigenvalue weighted by Crippen LogP contribution is -2.11. The van der Waals surface area contributed by atoms with Crippen LogP contribution in [-0.2, 0) is 14.1 Å². The van der Waals surface area contributed by atoms with Gasteiger partial charge in [-0.15, -0.1) is 0 Å². The molecule has 0 amide bonds. The van der Waals surface area contributed by atoms with Crippen molar-refractivity contribution in [2.24, 2.45) is 14.1 Å². The molecule has 0 bridgehead atoms. The molecule has 5 nitrogen and oxygen atoms in total. The third-order valence-electron chi connectivity index (χ3n) is 4.74. The van der Waals surface area contributed by atoms with E-state index in [1.807, 2.05) is 64.0 Å². The second kappa shape index (κ2) is 11.8. The molecule has 5 heteroatoms. The molecule has 4 heterocycles. The summed E-state index contributed by atoms with van der Waals surface area (Å²) in [4.78, 5) is 3.98. The van der Waals surface area contributed by atoms with Crippen molar-refractivity contribution in [3.8, 4) is 0 Å². The number of imidazole rings is 1. The van der Waals surface area contributed by atoms with Gasteiger partial charge in [-0.25, -0.2) is 9.56 Å². The van der Waals surface area contributed by atoms with E-state index in [-0.39, 0.29) is 0 Å². The normalized spacial score (nSPS) is 14.1. The van der Waals surface area contributed by atoms with Gasteiger partial charge in [0.15, 0.2) is 12.3 Å². The largest absolute Gasteiger partial charge is 0.469 e. The summed E-state index contributed by atoms with van der Waals surface area (Å²) in [6.07, 6.45) is 13.8. The Balaban J connectivity index is 0.000000187. The fourth-order valence-corrected chi connectivity index (χ4v) is 2.05. The molecule has 0 fully saturated rings. The Morgan fingerprint density at radius 2 is 1.75 bits per heavy atom. The zero-order chi connectivity index (χ0) is 21.1. The first-order valence-electron chi connectivity index (χ1n) is 9.48. The summed E-state index contributed by atoms with van der Waals surface area (Å²) in [6.45, 7) is 10.2. The number of aryl methyl sites for hydroxylation is 6. The first-order valence-corrected chi connectivity index (χ1v) is 9.48. The van der Waals surface area contributed by atoms with E-state index in [4.69, 9.17) is 4.42 Å². The Kier molecular flexibility index (Phi) is 9.79. The fourth-order valence-electron chi connectivity index (χ4n) is 2.05. The molecule has 3 aromatic rings. The Morgan fingerprint density at radius 1 is 1.04 bits per heavy atom. The Labute approximate surface area is 169 Å². The lowest BCUT2D eigenvalue weighted by molar-refractivity contribution is -0.512. The van der Waals surface area contributed by atoms with Crippen molar-refractivity contribution in [2.45, 2.75) is 40.7 Å². The molecule has 28 heavy (non-hydrogen) atoms. The average molecular weight is 384 g/mol. The van der Waals surface area contributed by atoms with E-state index in [1.54, 1.807) is 12.5 Å². The summed E-state index contributed by atoms with van der Waals surface area (Å²) < 4.78 is 11.2. The molecule has 4 rings (SSSR count). The molecule has 152 valence electrons. The predicted octanol–water partition coefficient (Wildman–Crippen LogP) is 4.62. The van der Waals surface area contributed by atoms with Gasteiger partial charge in [0.25, 0.3) is 0 Å². The average Bonchev–Trinajstić information content (AvgIpc) is 3.41. The van der Waals surface area contributed by atoms with Crippen molar-refractivity contribution in [1.29, 1.82) is 0 Å². The lowest BCUT2D eigenvalue weighted by atomic mass is 10.3. The van der Waals surface area contributed by atoms with Gasteiger partial charge < -0.3 is 13.6 Å². The molecule has 1 unspecified atom stereocenters. The number of hydrogen-bond acceptors (Lipinski definition) is 2. The second-order valence-corrected chi connectivity index (χ2v) is 6.95. The number of nitrogens with zero attached hydrogens (tertiary/aromatic N) is 4. The highest BCUT2D eigenvalue weighted by Gasteiger charge is 2.07. The minimum atomic E-state index is 0.611. The molecule has 0 aromatic carbocycles. The molecule has 1 aliphatic rings. The minimum Gasteiger partial charge on any atom is -0.469 e.